The van der Waals surface area contributed by atoms with Gasteiger partial charge in [-0.1, -0.05) is 12.8 Å². The predicted molar refractivity (Wildman–Crippen MR) is 67.7 cm³/mol. The van der Waals surface area contributed by atoms with E-state index in [1.807, 2.05) is 0 Å². The Labute approximate surface area is 98.3 Å². The van der Waals surface area contributed by atoms with Gasteiger partial charge in [0.25, 0.3) is 0 Å². The molecule has 0 saturated heterocycles. The van der Waals surface area contributed by atoms with Gasteiger partial charge in [0, 0.05) is 18.8 Å². The number of aryl methyl sites for hydroxylation is 1. The summed E-state index contributed by atoms with van der Waals surface area (Å²) in [6.45, 7) is 7.51. The van der Waals surface area contributed by atoms with E-state index in [0.717, 1.165) is 24.1 Å². The van der Waals surface area contributed by atoms with Crippen molar-refractivity contribution in [1.82, 2.24) is 9.55 Å². The van der Waals surface area contributed by atoms with Crippen LogP contribution in [0.15, 0.2) is 6.20 Å². The molecule has 0 unspecified atom stereocenters. The lowest BCUT2D eigenvalue weighted by Crippen LogP contribution is -2.16. The molecule has 1 aromatic heterocycles. The zero-order chi connectivity index (χ0) is 11.5. The van der Waals surface area contributed by atoms with E-state index in [0.29, 0.717) is 6.04 Å². The Morgan fingerprint density at radius 2 is 2.12 bits per heavy atom. The van der Waals surface area contributed by atoms with Crippen molar-refractivity contribution in [2.75, 3.05) is 5.32 Å². The van der Waals surface area contributed by atoms with Crippen LogP contribution in [-0.2, 0) is 6.54 Å². The zero-order valence-electron chi connectivity index (χ0n) is 10.7. The highest BCUT2D eigenvalue weighted by molar-refractivity contribution is 5.29. The second kappa shape index (κ2) is 4.89. The Morgan fingerprint density at radius 3 is 2.75 bits per heavy atom. The maximum absolute atomic E-state index is 4.54. The van der Waals surface area contributed by atoms with Crippen LogP contribution in [0.1, 0.15) is 45.2 Å². The van der Waals surface area contributed by atoms with E-state index in [2.05, 4.69) is 41.8 Å². The smallest absolute Gasteiger partial charge is 0.203 e. The van der Waals surface area contributed by atoms with Crippen molar-refractivity contribution in [3.05, 3.63) is 11.9 Å². The Morgan fingerprint density at radius 1 is 1.44 bits per heavy atom. The highest BCUT2D eigenvalue weighted by atomic mass is 15.2. The van der Waals surface area contributed by atoms with Gasteiger partial charge in [-0.05, 0) is 39.5 Å². The van der Waals surface area contributed by atoms with Crippen molar-refractivity contribution in [3.8, 4) is 0 Å². The molecule has 3 nitrogen and oxygen atoms in total. The maximum atomic E-state index is 4.54. The van der Waals surface area contributed by atoms with Crippen molar-refractivity contribution in [1.29, 1.82) is 0 Å². The molecule has 0 bridgehead atoms. The molecule has 0 amide bonds. The van der Waals surface area contributed by atoms with Crippen molar-refractivity contribution >= 4 is 5.95 Å². The van der Waals surface area contributed by atoms with Crippen molar-refractivity contribution < 1.29 is 0 Å². The van der Waals surface area contributed by atoms with Crippen LogP contribution in [0.5, 0.6) is 0 Å². The largest absolute Gasteiger partial charge is 0.353 e. The van der Waals surface area contributed by atoms with Gasteiger partial charge in [0.15, 0.2) is 0 Å². The van der Waals surface area contributed by atoms with E-state index < -0.39 is 0 Å². The first-order valence-corrected chi connectivity index (χ1v) is 6.45. The molecule has 3 heteroatoms. The Kier molecular flexibility index (Phi) is 3.52. The summed E-state index contributed by atoms with van der Waals surface area (Å²) in [5.41, 5.74) is 1.11. The first-order chi connectivity index (χ1) is 7.65. The van der Waals surface area contributed by atoms with Gasteiger partial charge < -0.3 is 9.88 Å². The minimum atomic E-state index is 0.448. The van der Waals surface area contributed by atoms with Crippen LogP contribution in [0.2, 0.25) is 0 Å². The number of nitrogens with one attached hydrogen (secondary N) is 1. The van der Waals surface area contributed by atoms with Crippen LogP contribution in [0, 0.1) is 12.8 Å². The highest BCUT2D eigenvalue weighted by Crippen LogP contribution is 2.27. The molecule has 0 spiro atoms. The minimum absolute atomic E-state index is 0.448. The third-order valence-electron chi connectivity index (χ3n) is 3.24. The lowest BCUT2D eigenvalue weighted by atomic mass is 10.1. The number of hydrogen-bond acceptors (Lipinski definition) is 2. The quantitative estimate of drug-likeness (QED) is 0.846. The second-order valence-electron chi connectivity index (χ2n) is 5.31. The van der Waals surface area contributed by atoms with Crippen molar-refractivity contribution in [2.24, 2.45) is 5.92 Å². The molecule has 1 N–H and O–H groups in total. The van der Waals surface area contributed by atoms with Crippen LogP contribution in [0.25, 0.3) is 0 Å². The summed E-state index contributed by atoms with van der Waals surface area (Å²) in [5, 5.41) is 3.42. The van der Waals surface area contributed by atoms with Crippen molar-refractivity contribution in [3.63, 3.8) is 0 Å². The SMILES string of the molecule is Cc1cn(CC2CCCC2)c(NC(C)C)n1. The number of rotatable bonds is 4. The topological polar surface area (TPSA) is 29.9 Å². The van der Waals surface area contributed by atoms with Gasteiger partial charge in [-0.2, -0.15) is 0 Å². The lowest BCUT2D eigenvalue weighted by molar-refractivity contribution is 0.459. The highest BCUT2D eigenvalue weighted by Gasteiger charge is 2.17. The molecule has 1 saturated carbocycles. The molecule has 1 fully saturated rings. The molecule has 1 aliphatic carbocycles. The molecule has 1 aliphatic rings. The summed E-state index contributed by atoms with van der Waals surface area (Å²) in [7, 11) is 0. The standard InChI is InChI=1S/C13H23N3/c1-10(2)14-13-15-11(3)8-16(13)9-12-6-4-5-7-12/h8,10,12H,4-7,9H2,1-3H3,(H,14,15). The molecule has 90 valence electrons. The van der Waals surface area contributed by atoms with Crippen molar-refractivity contribution in [2.45, 2.75) is 59.0 Å². The molecule has 16 heavy (non-hydrogen) atoms. The third-order valence-corrected chi connectivity index (χ3v) is 3.24. The molecule has 0 radical (unpaired) electrons. The van der Waals surface area contributed by atoms with E-state index in [-0.39, 0.29) is 0 Å². The molecule has 0 atom stereocenters. The summed E-state index contributed by atoms with van der Waals surface area (Å²) < 4.78 is 2.30. The van der Waals surface area contributed by atoms with Crippen LogP contribution >= 0.6 is 0 Å². The first-order valence-electron chi connectivity index (χ1n) is 6.45. The number of anilines is 1. The van der Waals surface area contributed by atoms with Crippen LogP contribution < -0.4 is 5.32 Å². The Balaban J connectivity index is 2.05. The minimum Gasteiger partial charge on any atom is -0.353 e. The monoisotopic (exact) mass is 221 g/mol. The second-order valence-corrected chi connectivity index (χ2v) is 5.31. The van der Waals surface area contributed by atoms with E-state index in [1.54, 1.807) is 0 Å². The fourth-order valence-electron chi connectivity index (χ4n) is 2.53. The summed E-state index contributed by atoms with van der Waals surface area (Å²) in [5.74, 6) is 1.90. The molecule has 2 rings (SSSR count). The average molecular weight is 221 g/mol. The van der Waals surface area contributed by atoms with Gasteiger partial charge in [-0.3, -0.25) is 0 Å². The van der Waals surface area contributed by atoms with Crippen LogP contribution in [0.4, 0.5) is 5.95 Å². The summed E-state index contributed by atoms with van der Waals surface area (Å²) in [6.07, 6.45) is 7.76. The van der Waals surface area contributed by atoms with Gasteiger partial charge in [0.05, 0.1) is 5.69 Å². The number of imidazole rings is 1. The number of hydrogen-bond donors (Lipinski definition) is 1. The van der Waals surface area contributed by atoms with Crippen LogP contribution in [0.3, 0.4) is 0 Å². The summed E-state index contributed by atoms with van der Waals surface area (Å²) in [6, 6.07) is 0.448. The maximum Gasteiger partial charge on any atom is 0.203 e. The third kappa shape index (κ3) is 2.77. The Hall–Kier alpha value is -0.990. The lowest BCUT2D eigenvalue weighted by Gasteiger charge is -2.15. The zero-order valence-corrected chi connectivity index (χ0v) is 10.7. The van der Waals surface area contributed by atoms with Crippen LogP contribution in [-0.4, -0.2) is 15.6 Å². The number of aromatic nitrogens is 2. The van der Waals surface area contributed by atoms with E-state index >= 15 is 0 Å². The fourth-order valence-corrected chi connectivity index (χ4v) is 2.53. The van der Waals surface area contributed by atoms with Gasteiger partial charge in [0.1, 0.15) is 0 Å². The fraction of sp³-hybridized carbons (Fsp3) is 0.769. The number of nitrogens with zero attached hydrogens (tertiary/aromatic N) is 2. The molecule has 0 aromatic carbocycles. The molecule has 1 aromatic rings. The molecule has 0 aliphatic heterocycles. The molecular weight excluding hydrogens is 198 g/mol. The predicted octanol–water partition coefficient (Wildman–Crippen LogP) is 3.20. The molecular formula is C13H23N3. The van der Waals surface area contributed by atoms with Gasteiger partial charge >= 0.3 is 0 Å². The molecule has 1 heterocycles. The van der Waals surface area contributed by atoms with E-state index in [1.165, 1.54) is 25.7 Å². The Bertz CT molecular complexity index is 335. The summed E-state index contributed by atoms with van der Waals surface area (Å²) in [4.78, 5) is 4.54. The van der Waals surface area contributed by atoms with Gasteiger partial charge in [-0.25, -0.2) is 4.98 Å². The first kappa shape index (κ1) is 11.5. The normalized spacial score (nSPS) is 17.2. The van der Waals surface area contributed by atoms with Gasteiger partial charge in [-0.15, -0.1) is 0 Å². The van der Waals surface area contributed by atoms with E-state index in [4.69, 9.17) is 0 Å². The van der Waals surface area contributed by atoms with Gasteiger partial charge in [0.2, 0.25) is 5.95 Å². The average Bonchev–Trinajstić information content (AvgIpc) is 2.77. The summed E-state index contributed by atoms with van der Waals surface area (Å²) >= 11 is 0. The van der Waals surface area contributed by atoms with E-state index in [9.17, 15) is 0 Å².